The number of hydrogen-bond donors (Lipinski definition) is 1. The fraction of sp³-hybridized carbons (Fsp3) is 0.714. The zero-order chi connectivity index (χ0) is 11.0. The van der Waals surface area contributed by atoms with E-state index in [0.29, 0.717) is 0 Å². The average molecular weight is 219 g/mol. The summed E-state index contributed by atoms with van der Waals surface area (Å²) in [6.45, 7) is 3.83. The first-order valence-corrected chi connectivity index (χ1v) is 3.83. The highest BCUT2D eigenvalue weighted by atomic mass is 19.3. The number of allylic oxidation sites excluding steroid dienone is 1. The molecule has 0 amide bonds. The molecule has 0 unspecified atom stereocenters. The molecular weight excluding hydrogens is 209 g/mol. The van der Waals surface area contributed by atoms with Crippen molar-refractivity contribution >= 4 is 0 Å². The van der Waals surface area contributed by atoms with Gasteiger partial charge in [-0.2, -0.15) is 13.2 Å². The van der Waals surface area contributed by atoms with Crippen LogP contribution in [-0.2, 0) is 4.74 Å². The van der Waals surface area contributed by atoms with E-state index in [-0.39, 0.29) is 0 Å². The van der Waals surface area contributed by atoms with Crippen LogP contribution in [0.4, 0.5) is 22.0 Å². The third-order valence-electron chi connectivity index (χ3n) is 1.22. The molecule has 0 aromatic carbocycles. The summed E-state index contributed by atoms with van der Waals surface area (Å²) in [7, 11) is 0. The summed E-state index contributed by atoms with van der Waals surface area (Å²) >= 11 is 0. The molecule has 14 heavy (non-hydrogen) atoms. The smallest absolute Gasteiger partial charge is 0.307 e. The first-order valence-electron chi connectivity index (χ1n) is 3.83. The van der Waals surface area contributed by atoms with Gasteiger partial charge in [0.15, 0.2) is 0 Å². The van der Waals surface area contributed by atoms with E-state index in [0.717, 1.165) is 26.3 Å². The zero-order valence-corrected chi connectivity index (χ0v) is 7.20. The van der Waals surface area contributed by atoms with Crippen molar-refractivity contribution in [2.75, 3.05) is 26.3 Å². The second-order valence-electron chi connectivity index (χ2n) is 2.27. The highest BCUT2D eigenvalue weighted by Gasteiger charge is 2.16. The number of nitrogens with one attached hydrogen (secondary N) is 1. The number of rotatable bonds is 1. The van der Waals surface area contributed by atoms with Crippen LogP contribution in [0, 0.1) is 0 Å². The fourth-order valence-electron chi connectivity index (χ4n) is 0.598. The number of halogens is 5. The van der Waals surface area contributed by atoms with Gasteiger partial charge in [-0.05, 0) is 0 Å². The van der Waals surface area contributed by atoms with Crippen molar-refractivity contribution in [3.8, 4) is 0 Å². The largest absolute Gasteiger partial charge is 0.379 e. The number of ether oxygens (including phenoxy) is 1. The molecule has 1 saturated heterocycles. The molecule has 1 N–H and O–H groups in total. The highest BCUT2D eigenvalue weighted by Crippen LogP contribution is 2.16. The molecule has 0 saturated carbocycles. The summed E-state index contributed by atoms with van der Waals surface area (Å²) in [5.41, 5.74) is 0. The molecular formula is C7H10F5NO. The van der Waals surface area contributed by atoms with Crippen LogP contribution in [0.15, 0.2) is 11.9 Å². The molecule has 0 aromatic rings. The minimum absolute atomic E-state index is 0.889. The molecule has 0 aliphatic carbocycles. The van der Waals surface area contributed by atoms with Crippen LogP contribution >= 0.6 is 0 Å². The Bertz CT molecular complexity index is 165. The number of morpholine rings is 1. The molecule has 84 valence electrons. The maximum Gasteiger partial charge on any atom is 0.307 e. The Balaban J connectivity index is 0.000000249. The topological polar surface area (TPSA) is 21.3 Å². The van der Waals surface area contributed by atoms with Crippen LogP contribution < -0.4 is 5.32 Å². The first-order chi connectivity index (χ1) is 6.55. The molecule has 1 fully saturated rings. The van der Waals surface area contributed by atoms with Crippen LogP contribution in [0.5, 0.6) is 0 Å². The predicted octanol–water partition coefficient (Wildman–Crippen LogP) is 1.94. The van der Waals surface area contributed by atoms with Crippen molar-refractivity contribution < 1.29 is 26.7 Å². The van der Waals surface area contributed by atoms with E-state index in [4.69, 9.17) is 4.74 Å². The van der Waals surface area contributed by atoms with Crippen molar-refractivity contribution in [1.82, 2.24) is 5.32 Å². The van der Waals surface area contributed by atoms with Gasteiger partial charge in [-0.1, -0.05) is 0 Å². The van der Waals surface area contributed by atoms with Gasteiger partial charge in [0.2, 0.25) is 5.83 Å². The van der Waals surface area contributed by atoms with Gasteiger partial charge >= 0.3 is 6.08 Å². The molecule has 1 aliphatic rings. The highest BCUT2D eigenvalue weighted by molar-refractivity contribution is 4.93. The van der Waals surface area contributed by atoms with Gasteiger partial charge in [-0.15, -0.1) is 0 Å². The number of hydrogen-bond acceptors (Lipinski definition) is 2. The van der Waals surface area contributed by atoms with E-state index < -0.39 is 18.3 Å². The molecule has 7 heteroatoms. The lowest BCUT2D eigenvalue weighted by Gasteiger charge is -2.10. The summed E-state index contributed by atoms with van der Waals surface area (Å²) in [4.78, 5) is 0. The monoisotopic (exact) mass is 219 g/mol. The zero-order valence-electron chi connectivity index (χ0n) is 7.20. The van der Waals surface area contributed by atoms with Crippen molar-refractivity contribution in [2.45, 2.75) is 6.43 Å². The van der Waals surface area contributed by atoms with Gasteiger partial charge in [-0.3, -0.25) is 0 Å². The maximum absolute atomic E-state index is 11.0. The van der Waals surface area contributed by atoms with Gasteiger partial charge in [0, 0.05) is 13.1 Å². The number of alkyl halides is 2. The Morgan fingerprint density at radius 1 is 1.07 bits per heavy atom. The van der Waals surface area contributed by atoms with Crippen LogP contribution in [0.2, 0.25) is 0 Å². The maximum atomic E-state index is 11.0. The minimum atomic E-state index is -3.69. The molecule has 0 aromatic heterocycles. The lowest BCUT2D eigenvalue weighted by molar-refractivity contribution is 0.109. The van der Waals surface area contributed by atoms with Crippen molar-refractivity contribution in [3.05, 3.63) is 11.9 Å². The van der Waals surface area contributed by atoms with E-state index in [1.807, 2.05) is 0 Å². The molecule has 2 nitrogen and oxygen atoms in total. The van der Waals surface area contributed by atoms with Crippen LogP contribution in [-0.4, -0.2) is 32.7 Å². The molecule has 0 spiro atoms. The van der Waals surface area contributed by atoms with Gasteiger partial charge in [0.25, 0.3) is 6.43 Å². The predicted molar refractivity (Wildman–Crippen MR) is 40.0 cm³/mol. The molecule has 1 rings (SSSR count). The van der Waals surface area contributed by atoms with E-state index in [1.165, 1.54) is 0 Å². The quantitative estimate of drug-likeness (QED) is 0.680. The fourth-order valence-corrected chi connectivity index (χ4v) is 0.598. The Morgan fingerprint density at radius 3 is 1.64 bits per heavy atom. The minimum Gasteiger partial charge on any atom is -0.379 e. The summed E-state index contributed by atoms with van der Waals surface area (Å²) in [5, 5.41) is 3.16. The Morgan fingerprint density at radius 2 is 1.57 bits per heavy atom. The lowest BCUT2D eigenvalue weighted by Crippen LogP contribution is -2.30. The standard InChI is InChI=1S/C4H9NO.C3HF5/c1-3-6-4-2-5-1;4-1(2(5)6)3(7)8/h5H,1-4H2;2H. The summed E-state index contributed by atoms with van der Waals surface area (Å²) in [5.74, 6) is -2.65. The molecule has 0 radical (unpaired) electrons. The Hall–Kier alpha value is -0.690. The normalized spacial score (nSPS) is 15.9. The van der Waals surface area contributed by atoms with E-state index in [2.05, 4.69) is 5.32 Å². The van der Waals surface area contributed by atoms with Crippen molar-refractivity contribution in [1.29, 1.82) is 0 Å². The molecule has 0 atom stereocenters. The third-order valence-corrected chi connectivity index (χ3v) is 1.22. The summed E-state index contributed by atoms with van der Waals surface area (Å²) in [6.07, 6.45) is -6.65. The summed E-state index contributed by atoms with van der Waals surface area (Å²) in [6, 6.07) is 0. The Kier molecular flexibility index (Phi) is 7.31. The second kappa shape index (κ2) is 7.69. The lowest BCUT2D eigenvalue weighted by atomic mass is 10.5. The van der Waals surface area contributed by atoms with Crippen LogP contribution in [0.3, 0.4) is 0 Å². The van der Waals surface area contributed by atoms with Crippen LogP contribution in [0.1, 0.15) is 0 Å². The SMILES string of the molecule is C1COCCN1.FC(F)=C(F)C(F)F. The third kappa shape index (κ3) is 6.79. The molecule has 0 bridgehead atoms. The van der Waals surface area contributed by atoms with Crippen LogP contribution in [0.25, 0.3) is 0 Å². The van der Waals surface area contributed by atoms with E-state index in [1.54, 1.807) is 0 Å². The molecule has 1 heterocycles. The van der Waals surface area contributed by atoms with Crippen molar-refractivity contribution in [2.24, 2.45) is 0 Å². The van der Waals surface area contributed by atoms with E-state index in [9.17, 15) is 22.0 Å². The van der Waals surface area contributed by atoms with Crippen molar-refractivity contribution in [3.63, 3.8) is 0 Å². The second-order valence-corrected chi connectivity index (χ2v) is 2.27. The summed E-state index contributed by atoms with van der Waals surface area (Å²) < 4.78 is 59.0. The van der Waals surface area contributed by atoms with Gasteiger partial charge in [0.1, 0.15) is 0 Å². The molecule has 1 aliphatic heterocycles. The average Bonchev–Trinajstić information content (AvgIpc) is 2.20. The van der Waals surface area contributed by atoms with Gasteiger partial charge in [-0.25, -0.2) is 8.78 Å². The van der Waals surface area contributed by atoms with E-state index >= 15 is 0 Å². The first kappa shape index (κ1) is 13.3. The Labute approximate surface area is 77.7 Å². The van der Waals surface area contributed by atoms with Gasteiger partial charge in [0.05, 0.1) is 13.2 Å². The van der Waals surface area contributed by atoms with Gasteiger partial charge < -0.3 is 10.1 Å².